The molecule has 0 aliphatic heterocycles. The Morgan fingerprint density at radius 1 is 1.21 bits per heavy atom. The number of halogens is 2. The van der Waals surface area contributed by atoms with Gasteiger partial charge in [0.15, 0.2) is 6.61 Å². The maximum Gasteiger partial charge on any atom is 0.269 e. The molecule has 2 aromatic carbocycles. The summed E-state index contributed by atoms with van der Waals surface area (Å²) in [5.74, 6) is 0.104. The van der Waals surface area contributed by atoms with Crippen molar-refractivity contribution in [2.45, 2.75) is 6.54 Å². The second kappa shape index (κ2) is 7.99. The second-order valence-electron chi connectivity index (χ2n) is 5.00. The molecule has 0 unspecified atom stereocenters. The van der Waals surface area contributed by atoms with Gasteiger partial charge in [-0.25, -0.2) is 0 Å². The second-order valence-corrected chi connectivity index (χ2v) is 5.82. The summed E-state index contributed by atoms with van der Waals surface area (Å²) in [5.41, 5.74) is 0.405. The van der Waals surface area contributed by atoms with Crippen LogP contribution in [-0.4, -0.2) is 29.4 Å². The maximum atomic E-state index is 12.1. The highest BCUT2D eigenvalue weighted by Crippen LogP contribution is 2.24. The van der Waals surface area contributed by atoms with Gasteiger partial charge < -0.3 is 9.64 Å². The number of amides is 1. The highest BCUT2D eigenvalue weighted by molar-refractivity contribution is 6.32. The van der Waals surface area contributed by atoms with Crippen molar-refractivity contribution in [3.8, 4) is 5.75 Å². The first-order valence-electron chi connectivity index (χ1n) is 6.92. The summed E-state index contributed by atoms with van der Waals surface area (Å²) in [5, 5.41) is 11.6. The van der Waals surface area contributed by atoms with Crippen molar-refractivity contribution in [1.29, 1.82) is 0 Å². The Hall–Kier alpha value is -2.31. The molecular weight excluding hydrogens is 355 g/mol. The fourth-order valence-corrected chi connectivity index (χ4v) is 2.32. The van der Waals surface area contributed by atoms with E-state index in [0.717, 1.165) is 0 Å². The van der Waals surface area contributed by atoms with E-state index in [1.165, 1.54) is 23.1 Å². The number of para-hydroxylation sites is 1. The molecule has 0 radical (unpaired) electrons. The summed E-state index contributed by atoms with van der Waals surface area (Å²) < 4.78 is 5.39. The van der Waals surface area contributed by atoms with Crippen LogP contribution in [0.2, 0.25) is 10.0 Å². The van der Waals surface area contributed by atoms with Gasteiger partial charge in [-0.2, -0.15) is 0 Å². The Morgan fingerprint density at radius 3 is 2.58 bits per heavy atom. The molecule has 6 nitrogen and oxygen atoms in total. The van der Waals surface area contributed by atoms with Gasteiger partial charge in [0.2, 0.25) is 0 Å². The van der Waals surface area contributed by atoms with Gasteiger partial charge in [-0.3, -0.25) is 14.9 Å². The Kier molecular flexibility index (Phi) is 6.00. The third-order valence-electron chi connectivity index (χ3n) is 3.26. The third kappa shape index (κ3) is 4.59. The van der Waals surface area contributed by atoms with E-state index in [-0.39, 0.29) is 24.7 Å². The molecule has 1 amide bonds. The largest absolute Gasteiger partial charge is 0.482 e. The molecule has 126 valence electrons. The fourth-order valence-electron chi connectivity index (χ4n) is 1.95. The molecule has 0 aromatic heterocycles. The number of nitrogens with zero attached hydrogens (tertiary/aromatic N) is 2. The summed E-state index contributed by atoms with van der Waals surface area (Å²) in [7, 11) is 1.56. The summed E-state index contributed by atoms with van der Waals surface area (Å²) >= 11 is 12.0. The fraction of sp³-hybridized carbons (Fsp3) is 0.188. The van der Waals surface area contributed by atoms with Gasteiger partial charge in [-0.1, -0.05) is 35.3 Å². The van der Waals surface area contributed by atoms with Crippen LogP contribution in [0.5, 0.6) is 5.75 Å². The molecule has 0 saturated carbocycles. The van der Waals surface area contributed by atoms with Crippen LogP contribution in [0.25, 0.3) is 0 Å². The van der Waals surface area contributed by atoms with Crippen molar-refractivity contribution in [3.05, 3.63) is 68.2 Å². The molecule has 24 heavy (non-hydrogen) atoms. The minimum absolute atomic E-state index is 0.0810. The van der Waals surface area contributed by atoms with Crippen LogP contribution in [-0.2, 0) is 11.3 Å². The number of non-ortho nitro benzene ring substituents is 1. The van der Waals surface area contributed by atoms with Crippen molar-refractivity contribution in [2.24, 2.45) is 0 Å². The van der Waals surface area contributed by atoms with Crippen LogP contribution >= 0.6 is 23.2 Å². The lowest BCUT2D eigenvalue weighted by Crippen LogP contribution is -2.31. The average molecular weight is 369 g/mol. The van der Waals surface area contributed by atoms with Gasteiger partial charge in [0.1, 0.15) is 5.75 Å². The van der Waals surface area contributed by atoms with E-state index < -0.39 is 4.92 Å². The molecule has 8 heteroatoms. The molecular formula is C16H14Cl2N2O4. The number of rotatable bonds is 6. The predicted octanol–water partition coefficient (Wildman–Crippen LogP) is 3.94. The number of hydrogen-bond acceptors (Lipinski definition) is 4. The Morgan fingerprint density at radius 2 is 1.92 bits per heavy atom. The van der Waals surface area contributed by atoms with Crippen molar-refractivity contribution < 1.29 is 14.5 Å². The minimum Gasteiger partial charge on any atom is -0.482 e. The number of carbonyl (C=O) groups excluding carboxylic acids is 1. The molecule has 0 saturated heterocycles. The van der Waals surface area contributed by atoms with Gasteiger partial charge in [0, 0.05) is 30.7 Å². The van der Waals surface area contributed by atoms with Crippen LogP contribution in [0.3, 0.4) is 0 Å². The number of benzene rings is 2. The van der Waals surface area contributed by atoms with Crippen molar-refractivity contribution in [2.75, 3.05) is 13.7 Å². The lowest BCUT2D eigenvalue weighted by Gasteiger charge is -2.18. The molecule has 0 bridgehead atoms. The molecule has 0 heterocycles. The average Bonchev–Trinajstić information content (AvgIpc) is 2.55. The number of ether oxygens (including phenoxy) is 1. The quantitative estimate of drug-likeness (QED) is 0.571. The molecule has 0 aliphatic rings. The number of likely N-dealkylation sites (N-methyl/N-ethyl adjacent to an activating group) is 1. The summed E-state index contributed by atoms with van der Waals surface area (Å²) in [6.07, 6.45) is 0. The number of nitro groups is 1. The highest BCUT2D eigenvalue weighted by atomic mass is 35.5. The van der Waals surface area contributed by atoms with Crippen LogP contribution < -0.4 is 4.74 Å². The topological polar surface area (TPSA) is 72.7 Å². The van der Waals surface area contributed by atoms with Gasteiger partial charge in [0.05, 0.1) is 9.95 Å². The Balaban J connectivity index is 2.00. The van der Waals surface area contributed by atoms with E-state index in [4.69, 9.17) is 27.9 Å². The first-order chi connectivity index (χ1) is 11.4. The maximum absolute atomic E-state index is 12.1. The van der Waals surface area contributed by atoms with E-state index in [9.17, 15) is 14.9 Å². The molecule has 0 atom stereocenters. The monoisotopic (exact) mass is 368 g/mol. The molecule has 0 aliphatic carbocycles. The van der Waals surface area contributed by atoms with E-state index in [2.05, 4.69) is 0 Å². The highest BCUT2D eigenvalue weighted by Gasteiger charge is 2.15. The van der Waals surface area contributed by atoms with Gasteiger partial charge in [-0.15, -0.1) is 0 Å². The molecule has 2 rings (SSSR count). The summed E-state index contributed by atoms with van der Waals surface area (Å²) in [6, 6.07) is 10.9. The summed E-state index contributed by atoms with van der Waals surface area (Å²) in [6.45, 7) is -0.0714. The molecule has 2 aromatic rings. The normalized spacial score (nSPS) is 10.3. The van der Waals surface area contributed by atoms with Crippen molar-refractivity contribution >= 4 is 34.8 Å². The van der Waals surface area contributed by atoms with Gasteiger partial charge in [-0.05, 0) is 23.8 Å². The van der Waals surface area contributed by atoms with Gasteiger partial charge in [0.25, 0.3) is 11.6 Å². The first kappa shape index (κ1) is 18.0. The van der Waals surface area contributed by atoms with E-state index in [1.807, 2.05) is 0 Å². The van der Waals surface area contributed by atoms with Crippen molar-refractivity contribution in [1.82, 2.24) is 4.90 Å². The van der Waals surface area contributed by atoms with E-state index in [0.29, 0.717) is 21.4 Å². The third-order valence-corrected chi connectivity index (χ3v) is 3.94. The van der Waals surface area contributed by atoms with Gasteiger partial charge >= 0.3 is 0 Å². The number of carbonyl (C=O) groups is 1. The number of hydrogen-bond donors (Lipinski definition) is 0. The van der Waals surface area contributed by atoms with Crippen LogP contribution in [0, 0.1) is 10.1 Å². The molecule has 0 N–H and O–H groups in total. The Labute approximate surface area is 148 Å². The standard InChI is InChI=1S/C16H14Cl2N2O4/c1-19(9-11-8-12(20(22)23)6-7-13(11)17)16(21)10-24-15-5-3-2-4-14(15)18/h2-8H,9-10H2,1H3. The van der Waals surface area contributed by atoms with E-state index in [1.54, 1.807) is 31.3 Å². The predicted molar refractivity (Wildman–Crippen MR) is 91.5 cm³/mol. The zero-order valence-electron chi connectivity index (χ0n) is 12.7. The smallest absolute Gasteiger partial charge is 0.269 e. The Bertz CT molecular complexity index is 767. The molecule has 0 spiro atoms. The van der Waals surface area contributed by atoms with Crippen LogP contribution in [0.1, 0.15) is 5.56 Å². The van der Waals surface area contributed by atoms with E-state index >= 15 is 0 Å². The van der Waals surface area contributed by atoms with Crippen LogP contribution in [0.4, 0.5) is 5.69 Å². The molecule has 0 fully saturated rings. The lowest BCUT2D eigenvalue weighted by molar-refractivity contribution is -0.384. The zero-order valence-corrected chi connectivity index (χ0v) is 14.3. The minimum atomic E-state index is -0.512. The summed E-state index contributed by atoms with van der Waals surface area (Å²) in [4.78, 5) is 23.8. The first-order valence-corrected chi connectivity index (χ1v) is 7.68. The number of nitro benzene ring substituents is 1. The van der Waals surface area contributed by atoms with Crippen molar-refractivity contribution in [3.63, 3.8) is 0 Å². The zero-order chi connectivity index (χ0) is 17.7. The SMILES string of the molecule is CN(Cc1cc([N+](=O)[O-])ccc1Cl)C(=O)COc1ccccc1Cl. The van der Waals surface area contributed by atoms with Crippen LogP contribution in [0.15, 0.2) is 42.5 Å². The lowest BCUT2D eigenvalue weighted by atomic mass is 10.2.